The lowest BCUT2D eigenvalue weighted by Crippen LogP contribution is -2.23. The van der Waals surface area contributed by atoms with Crippen molar-refractivity contribution in [2.24, 2.45) is 0 Å². The first kappa shape index (κ1) is 19.5. The molecule has 27 heavy (non-hydrogen) atoms. The third-order valence-corrected chi connectivity index (χ3v) is 5.68. The Bertz CT molecular complexity index is 876. The molecule has 0 aromatic heterocycles. The SMILES string of the molecule is CCCNC(=O)CCCc1cccc2ccc(SCc3ccccc3)cc12. The van der Waals surface area contributed by atoms with E-state index in [0.717, 1.165) is 31.6 Å². The molecule has 0 saturated heterocycles. The van der Waals surface area contributed by atoms with Crippen LogP contribution in [0.15, 0.2) is 71.6 Å². The molecule has 0 aliphatic carbocycles. The van der Waals surface area contributed by atoms with Gasteiger partial charge in [-0.15, -0.1) is 11.8 Å². The quantitative estimate of drug-likeness (QED) is 0.465. The van der Waals surface area contributed by atoms with E-state index in [4.69, 9.17) is 0 Å². The van der Waals surface area contributed by atoms with Crippen LogP contribution in [0.1, 0.15) is 37.3 Å². The van der Waals surface area contributed by atoms with Crippen molar-refractivity contribution in [1.29, 1.82) is 0 Å². The lowest BCUT2D eigenvalue weighted by Gasteiger charge is -2.09. The van der Waals surface area contributed by atoms with E-state index in [1.54, 1.807) is 0 Å². The minimum Gasteiger partial charge on any atom is -0.356 e. The Labute approximate surface area is 166 Å². The van der Waals surface area contributed by atoms with E-state index in [1.165, 1.54) is 26.8 Å². The summed E-state index contributed by atoms with van der Waals surface area (Å²) >= 11 is 1.87. The topological polar surface area (TPSA) is 29.1 Å². The van der Waals surface area contributed by atoms with Gasteiger partial charge in [-0.3, -0.25) is 4.79 Å². The first-order valence-electron chi connectivity index (χ1n) is 9.71. The second-order valence-electron chi connectivity index (χ2n) is 6.78. The molecule has 3 heteroatoms. The maximum absolute atomic E-state index is 11.8. The number of thioether (sulfide) groups is 1. The Morgan fingerprint density at radius 2 is 1.85 bits per heavy atom. The Kier molecular flexibility index (Phi) is 7.35. The van der Waals surface area contributed by atoms with Crippen LogP contribution < -0.4 is 5.32 Å². The second kappa shape index (κ2) is 10.2. The van der Waals surface area contributed by atoms with Crippen molar-refractivity contribution in [2.75, 3.05) is 6.54 Å². The zero-order valence-corrected chi connectivity index (χ0v) is 16.7. The van der Waals surface area contributed by atoms with E-state index in [2.05, 4.69) is 79.0 Å². The molecular formula is C24H27NOS. The van der Waals surface area contributed by atoms with Crippen molar-refractivity contribution in [1.82, 2.24) is 5.32 Å². The smallest absolute Gasteiger partial charge is 0.220 e. The molecule has 0 heterocycles. The number of benzene rings is 3. The van der Waals surface area contributed by atoms with Crippen LogP contribution in [0, 0.1) is 0 Å². The highest BCUT2D eigenvalue weighted by Crippen LogP contribution is 2.29. The number of rotatable bonds is 9. The van der Waals surface area contributed by atoms with Gasteiger partial charge in [0.15, 0.2) is 0 Å². The van der Waals surface area contributed by atoms with Gasteiger partial charge in [0.2, 0.25) is 5.91 Å². The highest BCUT2D eigenvalue weighted by atomic mass is 32.2. The standard InChI is InChI=1S/C24H27NOS/c1-2-16-25-24(26)13-7-12-20-10-6-11-21-14-15-22(17-23(20)21)27-18-19-8-4-3-5-9-19/h3-6,8-11,14-15,17H,2,7,12-13,16,18H2,1H3,(H,25,26). The summed E-state index contributed by atoms with van der Waals surface area (Å²) in [6.45, 7) is 2.85. The first-order valence-corrected chi connectivity index (χ1v) is 10.7. The fourth-order valence-electron chi connectivity index (χ4n) is 3.16. The van der Waals surface area contributed by atoms with Crippen LogP contribution in [0.3, 0.4) is 0 Å². The molecule has 0 unspecified atom stereocenters. The zero-order chi connectivity index (χ0) is 18.9. The fraction of sp³-hybridized carbons (Fsp3) is 0.292. The molecule has 0 saturated carbocycles. The van der Waals surface area contributed by atoms with Crippen molar-refractivity contribution in [3.05, 3.63) is 77.9 Å². The van der Waals surface area contributed by atoms with Gasteiger partial charge in [-0.1, -0.05) is 61.5 Å². The maximum Gasteiger partial charge on any atom is 0.220 e. The lowest BCUT2D eigenvalue weighted by atomic mass is 10.00. The van der Waals surface area contributed by atoms with Gasteiger partial charge >= 0.3 is 0 Å². The van der Waals surface area contributed by atoms with Gasteiger partial charge in [0.25, 0.3) is 0 Å². The Hall–Kier alpha value is -2.26. The summed E-state index contributed by atoms with van der Waals surface area (Å²) in [6, 6.07) is 23.8. The summed E-state index contributed by atoms with van der Waals surface area (Å²) in [5.41, 5.74) is 2.67. The van der Waals surface area contributed by atoms with E-state index >= 15 is 0 Å². The van der Waals surface area contributed by atoms with Gasteiger partial charge in [0.1, 0.15) is 0 Å². The van der Waals surface area contributed by atoms with Gasteiger partial charge in [-0.25, -0.2) is 0 Å². The molecule has 1 N–H and O–H groups in total. The molecule has 0 bridgehead atoms. The molecule has 0 atom stereocenters. The van der Waals surface area contributed by atoms with Crippen molar-refractivity contribution in [3.8, 4) is 0 Å². The molecule has 0 radical (unpaired) electrons. The van der Waals surface area contributed by atoms with E-state index < -0.39 is 0 Å². The largest absolute Gasteiger partial charge is 0.356 e. The molecule has 0 spiro atoms. The number of aryl methyl sites for hydroxylation is 1. The summed E-state index contributed by atoms with van der Waals surface area (Å²) in [5.74, 6) is 1.14. The second-order valence-corrected chi connectivity index (χ2v) is 7.83. The van der Waals surface area contributed by atoms with E-state index in [0.29, 0.717) is 6.42 Å². The predicted molar refractivity (Wildman–Crippen MR) is 116 cm³/mol. The molecule has 0 aliphatic rings. The number of carbonyl (C=O) groups excluding carboxylic acids is 1. The van der Waals surface area contributed by atoms with Gasteiger partial charge in [-0.05, 0) is 53.3 Å². The summed E-state index contributed by atoms with van der Waals surface area (Å²) in [6.07, 6.45) is 3.40. The Morgan fingerprint density at radius 3 is 2.67 bits per heavy atom. The van der Waals surface area contributed by atoms with Crippen molar-refractivity contribution in [3.63, 3.8) is 0 Å². The fourth-order valence-corrected chi connectivity index (χ4v) is 4.05. The molecule has 1 amide bonds. The summed E-state index contributed by atoms with van der Waals surface area (Å²) in [7, 11) is 0. The van der Waals surface area contributed by atoms with Crippen molar-refractivity contribution >= 4 is 28.4 Å². The van der Waals surface area contributed by atoms with Crippen LogP contribution in [0.2, 0.25) is 0 Å². The van der Waals surface area contributed by atoms with Gasteiger partial charge < -0.3 is 5.32 Å². The molecule has 3 aromatic carbocycles. The number of amides is 1. The van der Waals surface area contributed by atoms with Gasteiger partial charge in [0, 0.05) is 23.6 Å². The van der Waals surface area contributed by atoms with Crippen LogP contribution in [-0.4, -0.2) is 12.5 Å². The molecule has 2 nitrogen and oxygen atoms in total. The van der Waals surface area contributed by atoms with Crippen molar-refractivity contribution in [2.45, 2.75) is 43.3 Å². The average molecular weight is 378 g/mol. The first-order chi connectivity index (χ1) is 13.3. The zero-order valence-electron chi connectivity index (χ0n) is 15.9. The summed E-state index contributed by atoms with van der Waals surface area (Å²) in [4.78, 5) is 13.1. The number of fused-ring (bicyclic) bond motifs is 1. The van der Waals surface area contributed by atoms with Crippen LogP contribution >= 0.6 is 11.8 Å². The highest BCUT2D eigenvalue weighted by Gasteiger charge is 2.06. The predicted octanol–water partition coefficient (Wildman–Crippen LogP) is 5.98. The highest BCUT2D eigenvalue weighted by molar-refractivity contribution is 7.98. The summed E-state index contributed by atoms with van der Waals surface area (Å²) < 4.78 is 0. The molecule has 0 fully saturated rings. The molecule has 0 aliphatic heterocycles. The normalized spacial score (nSPS) is 10.9. The number of hydrogen-bond acceptors (Lipinski definition) is 2. The lowest BCUT2D eigenvalue weighted by molar-refractivity contribution is -0.121. The molecule has 3 aromatic rings. The van der Waals surface area contributed by atoms with Crippen LogP contribution in [-0.2, 0) is 17.0 Å². The van der Waals surface area contributed by atoms with E-state index in [9.17, 15) is 4.79 Å². The van der Waals surface area contributed by atoms with Gasteiger partial charge in [-0.2, -0.15) is 0 Å². The minimum atomic E-state index is 0.163. The third-order valence-electron chi connectivity index (χ3n) is 4.61. The maximum atomic E-state index is 11.8. The van der Waals surface area contributed by atoms with E-state index in [-0.39, 0.29) is 5.91 Å². The Morgan fingerprint density at radius 1 is 1.00 bits per heavy atom. The van der Waals surface area contributed by atoms with Crippen LogP contribution in [0.25, 0.3) is 10.8 Å². The number of nitrogens with one attached hydrogen (secondary N) is 1. The molecule has 3 rings (SSSR count). The van der Waals surface area contributed by atoms with Crippen LogP contribution in [0.5, 0.6) is 0 Å². The number of carbonyl (C=O) groups is 1. The Balaban J connectivity index is 1.65. The molecular weight excluding hydrogens is 350 g/mol. The molecule has 140 valence electrons. The van der Waals surface area contributed by atoms with Crippen LogP contribution in [0.4, 0.5) is 0 Å². The minimum absolute atomic E-state index is 0.163. The van der Waals surface area contributed by atoms with Crippen molar-refractivity contribution < 1.29 is 4.79 Å². The number of hydrogen-bond donors (Lipinski definition) is 1. The average Bonchev–Trinajstić information content (AvgIpc) is 2.71. The third kappa shape index (κ3) is 5.86. The van der Waals surface area contributed by atoms with E-state index in [1.807, 2.05) is 11.8 Å². The summed E-state index contributed by atoms with van der Waals surface area (Å²) in [5, 5.41) is 5.54. The monoisotopic (exact) mass is 377 g/mol. The van der Waals surface area contributed by atoms with Gasteiger partial charge in [0.05, 0.1) is 0 Å².